The Bertz CT molecular complexity index is 350. The van der Waals surface area contributed by atoms with Crippen molar-refractivity contribution in [2.45, 2.75) is 77.0 Å². The summed E-state index contributed by atoms with van der Waals surface area (Å²) < 4.78 is 63.9. The molecule has 0 spiro atoms. The summed E-state index contributed by atoms with van der Waals surface area (Å²) >= 11 is 0. The van der Waals surface area contributed by atoms with Crippen LogP contribution in [0.2, 0.25) is 0 Å². The van der Waals surface area contributed by atoms with E-state index < -0.39 is 18.3 Å². The normalized spacial score (nSPS) is 12.3. The van der Waals surface area contributed by atoms with E-state index in [4.69, 9.17) is 0 Å². The highest BCUT2D eigenvalue weighted by Crippen LogP contribution is 2.37. The van der Waals surface area contributed by atoms with E-state index in [1.165, 1.54) is 12.8 Å². The minimum Gasteiger partial charge on any atom is -0.390 e. The summed E-state index contributed by atoms with van der Waals surface area (Å²) in [6.45, 7) is 5.32. The molecule has 0 aliphatic rings. The van der Waals surface area contributed by atoms with Gasteiger partial charge in [-0.25, -0.2) is 4.79 Å². The average molecular weight is 330 g/mol. The zero-order valence-electron chi connectivity index (χ0n) is 12.8. The summed E-state index contributed by atoms with van der Waals surface area (Å²) in [4.78, 5) is 11.1. The Morgan fingerprint density at radius 2 is 1.36 bits per heavy atom. The Kier molecular flexibility index (Phi) is 9.28. The van der Waals surface area contributed by atoms with Crippen molar-refractivity contribution in [1.82, 2.24) is 0 Å². The summed E-state index contributed by atoms with van der Waals surface area (Å²) in [6, 6.07) is 0. The maximum atomic E-state index is 12.5. The molecule has 0 aromatic heterocycles. The minimum atomic E-state index is -5.92. The van der Waals surface area contributed by atoms with Gasteiger partial charge in [0, 0.05) is 5.57 Å². The number of ether oxygens (including phenoxy) is 1. The van der Waals surface area contributed by atoms with E-state index in [1.807, 2.05) is 0 Å². The first-order valence-electron chi connectivity index (χ1n) is 7.47. The van der Waals surface area contributed by atoms with E-state index in [0.717, 1.165) is 32.1 Å². The molecule has 22 heavy (non-hydrogen) atoms. The predicted octanol–water partition coefficient (Wildman–Crippen LogP) is 5.77. The van der Waals surface area contributed by atoms with Crippen molar-refractivity contribution >= 4 is 5.97 Å². The van der Waals surface area contributed by atoms with Crippen molar-refractivity contribution in [3.63, 3.8) is 0 Å². The second kappa shape index (κ2) is 9.79. The first kappa shape index (κ1) is 20.9. The molecular weight excluding hydrogens is 307 g/mol. The molecule has 0 aromatic rings. The maximum Gasteiger partial charge on any atom is 0.501 e. The molecule has 7 heteroatoms. The van der Waals surface area contributed by atoms with Crippen LogP contribution in [0, 0.1) is 0 Å². The van der Waals surface area contributed by atoms with Gasteiger partial charge in [0.05, 0.1) is 0 Å². The van der Waals surface area contributed by atoms with E-state index >= 15 is 0 Å². The van der Waals surface area contributed by atoms with Crippen LogP contribution in [0.15, 0.2) is 12.2 Å². The van der Waals surface area contributed by atoms with E-state index in [9.17, 15) is 26.7 Å². The Morgan fingerprint density at radius 1 is 0.909 bits per heavy atom. The molecule has 0 aliphatic heterocycles. The third-order valence-corrected chi connectivity index (χ3v) is 3.17. The quantitative estimate of drug-likeness (QED) is 0.208. The summed E-state index contributed by atoms with van der Waals surface area (Å²) in [5.41, 5.74) is -0.366. The topological polar surface area (TPSA) is 26.3 Å². The highest BCUT2D eigenvalue weighted by atomic mass is 19.4. The van der Waals surface area contributed by atoms with Crippen LogP contribution in [0.4, 0.5) is 22.0 Å². The van der Waals surface area contributed by atoms with Crippen LogP contribution in [0.5, 0.6) is 0 Å². The Hall–Kier alpha value is -1.14. The molecule has 0 rings (SSSR count). The van der Waals surface area contributed by atoms with Gasteiger partial charge in [0.15, 0.2) is 0 Å². The standard InChI is InChI=1S/C15H23F5O2/c1-3-4-5-6-7-8-9-10-11-12(2)13(21)22-15(19,20)14(16,17)18/h2-11H2,1H3. The molecular formula is C15H23F5O2. The number of carbonyl (C=O) groups is 1. The molecule has 0 unspecified atom stereocenters. The summed E-state index contributed by atoms with van der Waals surface area (Å²) in [5, 5.41) is 0. The molecule has 0 atom stereocenters. The zero-order valence-corrected chi connectivity index (χ0v) is 12.8. The van der Waals surface area contributed by atoms with Gasteiger partial charge in [-0.1, -0.05) is 58.4 Å². The lowest BCUT2D eigenvalue weighted by molar-refractivity contribution is -0.375. The number of halogens is 5. The molecule has 0 amide bonds. The molecule has 2 nitrogen and oxygen atoms in total. The molecule has 0 radical (unpaired) electrons. The van der Waals surface area contributed by atoms with E-state index in [-0.39, 0.29) is 12.0 Å². The number of esters is 1. The van der Waals surface area contributed by atoms with Gasteiger partial charge < -0.3 is 4.74 Å². The fourth-order valence-electron chi connectivity index (χ4n) is 1.82. The lowest BCUT2D eigenvalue weighted by atomic mass is 10.1. The highest BCUT2D eigenvalue weighted by Gasteiger charge is 2.62. The van der Waals surface area contributed by atoms with Crippen LogP contribution >= 0.6 is 0 Å². The molecule has 0 saturated carbocycles. The fourth-order valence-corrected chi connectivity index (χ4v) is 1.82. The monoisotopic (exact) mass is 330 g/mol. The first-order chi connectivity index (χ1) is 10.1. The first-order valence-corrected chi connectivity index (χ1v) is 7.47. The molecule has 0 heterocycles. The minimum absolute atomic E-state index is 0.0573. The lowest BCUT2D eigenvalue weighted by Crippen LogP contribution is -2.41. The Morgan fingerprint density at radius 3 is 1.82 bits per heavy atom. The third-order valence-electron chi connectivity index (χ3n) is 3.17. The number of hydrogen-bond donors (Lipinski definition) is 0. The summed E-state index contributed by atoms with van der Waals surface area (Å²) in [6.07, 6.45) is -3.44. The third kappa shape index (κ3) is 8.34. The van der Waals surface area contributed by atoms with Crippen molar-refractivity contribution in [3.8, 4) is 0 Å². The van der Waals surface area contributed by atoms with Crippen molar-refractivity contribution < 1.29 is 31.5 Å². The molecule has 130 valence electrons. The SMILES string of the molecule is C=C(CCCCCCCCCC)C(=O)OC(F)(F)C(F)(F)F. The largest absolute Gasteiger partial charge is 0.501 e. The number of hydrogen-bond acceptors (Lipinski definition) is 2. The molecule has 0 aliphatic carbocycles. The Labute approximate surface area is 127 Å². The van der Waals surface area contributed by atoms with Gasteiger partial charge in [0.1, 0.15) is 0 Å². The Balaban J connectivity index is 3.87. The van der Waals surface area contributed by atoms with E-state index in [1.54, 1.807) is 0 Å². The summed E-state index contributed by atoms with van der Waals surface area (Å²) in [7, 11) is 0. The van der Waals surface area contributed by atoms with Crippen LogP contribution in [0.25, 0.3) is 0 Å². The lowest BCUT2D eigenvalue weighted by Gasteiger charge is -2.19. The molecule has 0 N–H and O–H groups in total. The second-order valence-corrected chi connectivity index (χ2v) is 5.23. The van der Waals surface area contributed by atoms with Gasteiger partial charge in [0.25, 0.3) is 0 Å². The van der Waals surface area contributed by atoms with Crippen molar-refractivity contribution in [3.05, 3.63) is 12.2 Å². The summed E-state index contributed by atoms with van der Waals surface area (Å²) in [5.74, 6) is -1.70. The van der Waals surface area contributed by atoms with Gasteiger partial charge in [0.2, 0.25) is 0 Å². The van der Waals surface area contributed by atoms with Gasteiger partial charge in [-0.3, -0.25) is 0 Å². The fraction of sp³-hybridized carbons (Fsp3) is 0.800. The van der Waals surface area contributed by atoms with Crippen molar-refractivity contribution in [2.24, 2.45) is 0 Å². The average Bonchev–Trinajstić information content (AvgIpc) is 2.39. The van der Waals surface area contributed by atoms with Crippen molar-refractivity contribution in [1.29, 1.82) is 0 Å². The van der Waals surface area contributed by atoms with Gasteiger partial charge in [-0.05, 0) is 12.8 Å². The van der Waals surface area contributed by atoms with Gasteiger partial charge in [-0.15, -0.1) is 0 Å². The zero-order chi connectivity index (χ0) is 17.2. The predicted molar refractivity (Wildman–Crippen MR) is 73.5 cm³/mol. The highest BCUT2D eigenvalue weighted by molar-refractivity contribution is 5.87. The number of unbranched alkanes of at least 4 members (excludes halogenated alkanes) is 7. The van der Waals surface area contributed by atoms with Crippen LogP contribution in [-0.4, -0.2) is 18.3 Å². The van der Waals surface area contributed by atoms with Gasteiger partial charge >= 0.3 is 18.3 Å². The number of alkyl halides is 5. The molecule has 0 bridgehead atoms. The molecule has 0 fully saturated rings. The van der Waals surface area contributed by atoms with E-state index in [2.05, 4.69) is 18.2 Å². The van der Waals surface area contributed by atoms with Crippen molar-refractivity contribution in [2.75, 3.05) is 0 Å². The number of rotatable bonds is 11. The second-order valence-electron chi connectivity index (χ2n) is 5.23. The maximum absolute atomic E-state index is 12.5. The van der Waals surface area contributed by atoms with Crippen LogP contribution in [0.1, 0.15) is 64.7 Å². The van der Waals surface area contributed by atoms with Gasteiger partial charge in [-0.2, -0.15) is 22.0 Å². The van der Waals surface area contributed by atoms with Crippen LogP contribution in [0.3, 0.4) is 0 Å². The smallest absolute Gasteiger partial charge is 0.390 e. The van der Waals surface area contributed by atoms with E-state index in [0.29, 0.717) is 6.42 Å². The van der Waals surface area contributed by atoms with Crippen LogP contribution < -0.4 is 0 Å². The van der Waals surface area contributed by atoms with Crippen LogP contribution in [-0.2, 0) is 9.53 Å². The molecule has 0 saturated heterocycles. The number of carbonyl (C=O) groups excluding carboxylic acids is 1. The molecule has 0 aromatic carbocycles.